The molecule has 1 heterocycles. The van der Waals surface area contributed by atoms with Crippen molar-refractivity contribution in [2.24, 2.45) is 0 Å². The Morgan fingerprint density at radius 3 is 2.03 bits per heavy atom. The van der Waals surface area contributed by atoms with Gasteiger partial charge in [-0.15, -0.1) is 0 Å². The van der Waals surface area contributed by atoms with Crippen molar-refractivity contribution in [1.82, 2.24) is 4.90 Å². The van der Waals surface area contributed by atoms with E-state index in [2.05, 4.69) is 0 Å². The van der Waals surface area contributed by atoms with Crippen LogP contribution in [0.5, 0.6) is 0 Å². The molecule has 0 saturated carbocycles. The summed E-state index contributed by atoms with van der Waals surface area (Å²) in [5.74, 6) is -4.13. The highest BCUT2D eigenvalue weighted by Gasteiger charge is 2.47. The Morgan fingerprint density at radius 2 is 1.51 bits per heavy atom. The average Bonchev–Trinajstić information content (AvgIpc) is 3.10. The molecule has 3 rings (SSSR count). The van der Waals surface area contributed by atoms with Gasteiger partial charge in [-0.3, -0.25) is 19.3 Å². The van der Waals surface area contributed by atoms with Gasteiger partial charge in [0.25, 0.3) is 17.7 Å². The molecule has 198 valence electrons. The van der Waals surface area contributed by atoms with E-state index in [1.165, 1.54) is 6.07 Å². The third-order valence-corrected chi connectivity index (χ3v) is 7.20. The predicted molar refractivity (Wildman–Crippen MR) is 131 cm³/mol. The lowest BCUT2D eigenvalue weighted by molar-refractivity contribution is -0.151. The summed E-state index contributed by atoms with van der Waals surface area (Å²) in [6.07, 6.45) is -3.82. The summed E-state index contributed by atoms with van der Waals surface area (Å²) in [6, 6.07) is 2.77. The first-order valence-corrected chi connectivity index (χ1v) is 12.2. The maximum absolute atomic E-state index is 13.2. The van der Waals surface area contributed by atoms with Gasteiger partial charge in [0, 0.05) is 0 Å². The second-order valence-corrected chi connectivity index (χ2v) is 9.36. The number of nitrogens with zero attached hydrogens (tertiary/aromatic N) is 1. The zero-order chi connectivity index (χ0) is 27.7. The van der Waals surface area contributed by atoms with Crippen LogP contribution in [-0.2, 0) is 20.5 Å². The van der Waals surface area contributed by atoms with Gasteiger partial charge in [0.05, 0.1) is 42.5 Å². The molecule has 2 aromatic rings. The van der Waals surface area contributed by atoms with Gasteiger partial charge in [-0.05, 0) is 18.6 Å². The summed E-state index contributed by atoms with van der Waals surface area (Å²) in [6.45, 7) is 0.819. The van der Waals surface area contributed by atoms with Crippen LogP contribution in [0.1, 0.15) is 52.5 Å². The molecule has 1 N–H and O–H groups in total. The molecule has 1 aliphatic heterocycles. The Balaban J connectivity index is 1.81. The fourth-order valence-electron chi connectivity index (χ4n) is 3.66. The molecule has 0 spiro atoms. The number of ether oxygens (including phenoxy) is 1. The number of benzene rings is 2. The minimum absolute atomic E-state index is 0.0317. The van der Waals surface area contributed by atoms with Crippen molar-refractivity contribution in [3.05, 3.63) is 61.0 Å². The maximum atomic E-state index is 13.2. The van der Waals surface area contributed by atoms with Crippen molar-refractivity contribution < 1.29 is 37.1 Å². The van der Waals surface area contributed by atoms with Gasteiger partial charge in [0.1, 0.15) is 6.04 Å². The molecule has 2 aromatic carbocycles. The van der Waals surface area contributed by atoms with E-state index < -0.39 is 53.8 Å². The van der Waals surface area contributed by atoms with Crippen LogP contribution >= 0.6 is 46.4 Å². The van der Waals surface area contributed by atoms with Gasteiger partial charge in [-0.2, -0.15) is 13.2 Å². The Morgan fingerprint density at radius 1 is 0.973 bits per heavy atom. The number of nitrogens with one attached hydrogen (secondary N) is 1. The van der Waals surface area contributed by atoms with E-state index in [1.54, 1.807) is 6.92 Å². The Labute approximate surface area is 228 Å². The van der Waals surface area contributed by atoms with Crippen LogP contribution in [0.3, 0.4) is 0 Å². The molecule has 1 aliphatic rings. The normalized spacial score (nSPS) is 14.0. The number of unbranched alkanes of at least 4 members (excludes halogenated alkanes) is 1. The van der Waals surface area contributed by atoms with Crippen LogP contribution in [0.15, 0.2) is 24.3 Å². The summed E-state index contributed by atoms with van der Waals surface area (Å²) < 4.78 is 44.5. The Hall–Kier alpha value is -2.53. The van der Waals surface area contributed by atoms with Crippen molar-refractivity contribution in [3.63, 3.8) is 0 Å². The minimum atomic E-state index is -4.73. The first-order chi connectivity index (χ1) is 17.3. The first-order valence-electron chi connectivity index (χ1n) is 10.7. The Bertz CT molecular complexity index is 1240. The lowest BCUT2D eigenvalue weighted by Gasteiger charge is -2.24. The second kappa shape index (κ2) is 11.5. The van der Waals surface area contributed by atoms with Crippen LogP contribution in [0.2, 0.25) is 20.1 Å². The number of para-hydroxylation sites is 1. The standard InChI is InChI=1S/C23H17Cl4F3N2O5/c1-2-3-8-12(32-20(34)14-15(21(32)35)17(25)19(27)18(26)16(14)24)22(36)37-9-13(33)31-11-7-5-4-6-10(11)23(28,29)30/h4-7,12H,2-3,8-9H2,1H3,(H,31,33)/t12-/m1/s1. The van der Waals surface area contributed by atoms with Crippen molar-refractivity contribution in [2.75, 3.05) is 11.9 Å². The number of carbonyl (C=O) groups excluding carboxylic acids is 4. The highest BCUT2D eigenvalue weighted by Crippen LogP contribution is 2.45. The van der Waals surface area contributed by atoms with E-state index in [1.807, 2.05) is 5.32 Å². The zero-order valence-corrected chi connectivity index (χ0v) is 21.9. The van der Waals surface area contributed by atoms with Crippen molar-refractivity contribution in [1.29, 1.82) is 0 Å². The van der Waals surface area contributed by atoms with Gasteiger partial charge in [-0.25, -0.2) is 4.79 Å². The smallest absolute Gasteiger partial charge is 0.418 e. The summed E-state index contributed by atoms with van der Waals surface area (Å²) >= 11 is 24.3. The number of hydrogen-bond donors (Lipinski definition) is 1. The average molecular weight is 600 g/mol. The van der Waals surface area contributed by atoms with Crippen molar-refractivity contribution >= 4 is 75.8 Å². The van der Waals surface area contributed by atoms with Gasteiger partial charge in [-0.1, -0.05) is 78.3 Å². The van der Waals surface area contributed by atoms with Gasteiger partial charge in [0.15, 0.2) is 6.61 Å². The third-order valence-electron chi connectivity index (χ3n) is 5.40. The fraction of sp³-hybridized carbons (Fsp3) is 0.304. The van der Waals surface area contributed by atoms with E-state index in [9.17, 15) is 32.3 Å². The maximum Gasteiger partial charge on any atom is 0.418 e. The molecule has 37 heavy (non-hydrogen) atoms. The summed E-state index contributed by atoms with van der Waals surface area (Å²) in [5, 5.41) is 0.889. The molecule has 14 heteroatoms. The minimum Gasteiger partial charge on any atom is -0.454 e. The zero-order valence-electron chi connectivity index (χ0n) is 18.8. The number of anilines is 1. The molecule has 0 fully saturated rings. The summed E-state index contributed by atoms with van der Waals surface area (Å²) in [7, 11) is 0. The third kappa shape index (κ3) is 5.82. The number of halogens is 7. The number of rotatable bonds is 8. The van der Waals surface area contributed by atoms with E-state index >= 15 is 0 Å². The Kier molecular flexibility index (Phi) is 9.00. The van der Waals surface area contributed by atoms with Gasteiger partial charge in [0.2, 0.25) is 0 Å². The molecular formula is C23H17Cl4F3N2O5. The number of esters is 1. The monoisotopic (exact) mass is 598 g/mol. The van der Waals surface area contributed by atoms with Gasteiger partial charge < -0.3 is 10.1 Å². The number of alkyl halides is 3. The number of carbonyl (C=O) groups is 4. The van der Waals surface area contributed by atoms with E-state index in [0.717, 1.165) is 18.2 Å². The predicted octanol–water partition coefficient (Wildman–Crippen LogP) is 6.66. The van der Waals surface area contributed by atoms with Crippen LogP contribution in [0, 0.1) is 0 Å². The van der Waals surface area contributed by atoms with Crippen molar-refractivity contribution in [2.45, 2.75) is 38.4 Å². The number of imide groups is 1. The molecule has 0 aliphatic carbocycles. The number of fused-ring (bicyclic) bond motifs is 1. The van der Waals surface area contributed by atoms with Crippen LogP contribution in [0.4, 0.5) is 18.9 Å². The lowest BCUT2D eigenvalue weighted by atomic mass is 10.1. The first kappa shape index (κ1) is 29.0. The van der Waals surface area contributed by atoms with Crippen LogP contribution in [-0.4, -0.2) is 41.2 Å². The molecule has 0 aromatic heterocycles. The van der Waals surface area contributed by atoms with Gasteiger partial charge >= 0.3 is 12.1 Å². The van der Waals surface area contributed by atoms with Crippen LogP contribution in [0.25, 0.3) is 0 Å². The highest BCUT2D eigenvalue weighted by molar-refractivity contribution is 6.55. The molecule has 0 unspecified atom stereocenters. The SMILES string of the molecule is CCCC[C@H](C(=O)OCC(=O)Nc1ccccc1C(F)(F)F)N1C(=O)c2c(Cl)c(Cl)c(Cl)c(Cl)c2C1=O. The van der Waals surface area contributed by atoms with Crippen molar-refractivity contribution in [3.8, 4) is 0 Å². The summed E-state index contributed by atoms with van der Waals surface area (Å²) in [4.78, 5) is 52.0. The molecule has 7 nitrogen and oxygen atoms in total. The lowest BCUT2D eigenvalue weighted by Crippen LogP contribution is -2.46. The molecule has 0 bridgehead atoms. The number of hydrogen-bond acceptors (Lipinski definition) is 5. The molecule has 1 atom stereocenters. The molecule has 0 radical (unpaired) electrons. The topological polar surface area (TPSA) is 92.8 Å². The van der Waals surface area contributed by atoms with E-state index in [-0.39, 0.29) is 37.6 Å². The molecule has 3 amide bonds. The molecule has 0 saturated heterocycles. The second-order valence-electron chi connectivity index (χ2n) is 7.84. The largest absolute Gasteiger partial charge is 0.454 e. The van der Waals surface area contributed by atoms with Crippen LogP contribution < -0.4 is 5.32 Å². The molecular weight excluding hydrogens is 583 g/mol. The quantitative estimate of drug-likeness (QED) is 0.159. The summed E-state index contributed by atoms with van der Waals surface area (Å²) in [5.41, 5.74) is -2.28. The van der Waals surface area contributed by atoms with E-state index in [4.69, 9.17) is 51.1 Å². The van der Waals surface area contributed by atoms with E-state index in [0.29, 0.717) is 17.7 Å². The fourth-order valence-corrected chi connectivity index (χ4v) is 4.67. The number of amides is 3. The highest BCUT2D eigenvalue weighted by atomic mass is 35.5.